The van der Waals surface area contributed by atoms with Crippen molar-refractivity contribution < 1.29 is 12.9 Å². The van der Waals surface area contributed by atoms with E-state index in [0.29, 0.717) is 23.2 Å². The molecule has 0 aliphatic rings. The van der Waals surface area contributed by atoms with Crippen LogP contribution in [-0.2, 0) is 23.1 Å². The second kappa shape index (κ2) is 6.65. The van der Waals surface area contributed by atoms with Crippen LogP contribution in [0.3, 0.4) is 0 Å². The Balaban J connectivity index is 2.07. The van der Waals surface area contributed by atoms with Gasteiger partial charge in [-0.1, -0.05) is 19.0 Å². The first kappa shape index (κ1) is 16.1. The minimum Gasteiger partial charge on any atom is -0.340 e. The molecule has 2 N–H and O–H groups in total. The quantitative estimate of drug-likeness (QED) is 0.797. The van der Waals surface area contributed by atoms with Crippen LogP contribution in [0.2, 0.25) is 0 Å². The molecule has 116 valence electrons. The van der Waals surface area contributed by atoms with Gasteiger partial charge in [0.1, 0.15) is 0 Å². The van der Waals surface area contributed by atoms with Crippen molar-refractivity contribution in [3.05, 3.63) is 28.0 Å². The molecule has 0 unspecified atom stereocenters. The highest BCUT2D eigenvalue weighted by Gasteiger charge is 2.20. The summed E-state index contributed by atoms with van der Waals surface area (Å²) in [5, 5.41) is 8.64. The molecule has 2 heterocycles. The van der Waals surface area contributed by atoms with E-state index in [-0.39, 0.29) is 12.6 Å². The molecule has 0 spiro atoms. The van der Waals surface area contributed by atoms with Crippen LogP contribution < -0.4 is 10.0 Å². The topological polar surface area (TPSA) is 97.1 Å². The summed E-state index contributed by atoms with van der Waals surface area (Å²) in [6, 6.07) is 1.89. The molecule has 0 aliphatic carbocycles. The number of hydrogen-bond donors (Lipinski definition) is 2. The van der Waals surface area contributed by atoms with Crippen LogP contribution in [0.15, 0.2) is 20.9 Å². The van der Waals surface area contributed by atoms with Crippen molar-refractivity contribution >= 4 is 21.4 Å². The van der Waals surface area contributed by atoms with Gasteiger partial charge in [0.05, 0.1) is 11.4 Å². The zero-order valence-electron chi connectivity index (χ0n) is 12.1. The Bertz CT molecular complexity index is 691. The van der Waals surface area contributed by atoms with E-state index in [0.717, 1.165) is 4.88 Å². The predicted molar refractivity (Wildman–Crippen MR) is 79.4 cm³/mol. The second-order valence-electron chi connectivity index (χ2n) is 4.80. The highest BCUT2D eigenvalue weighted by molar-refractivity contribution is 7.89. The smallest absolute Gasteiger partial charge is 0.242 e. The number of hydrogen-bond acceptors (Lipinski definition) is 7. The van der Waals surface area contributed by atoms with Gasteiger partial charge in [0.15, 0.2) is 5.82 Å². The van der Waals surface area contributed by atoms with E-state index in [1.165, 1.54) is 11.3 Å². The second-order valence-corrected chi connectivity index (χ2v) is 7.53. The van der Waals surface area contributed by atoms with Crippen LogP contribution in [0.5, 0.6) is 0 Å². The Morgan fingerprint density at radius 1 is 1.38 bits per heavy atom. The van der Waals surface area contributed by atoms with Crippen molar-refractivity contribution in [3.63, 3.8) is 0 Å². The maximum Gasteiger partial charge on any atom is 0.242 e. The van der Waals surface area contributed by atoms with E-state index in [4.69, 9.17) is 4.52 Å². The minimum atomic E-state index is -3.59. The van der Waals surface area contributed by atoms with E-state index in [2.05, 4.69) is 20.2 Å². The number of aryl methyl sites for hydroxylation is 1. The molecule has 2 aromatic rings. The molecule has 0 radical (unpaired) electrons. The lowest BCUT2D eigenvalue weighted by molar-refractivity contribution is 0.387. The van der Waals surface area contributed by atoms with Gasteiger partial charge in [-0.15, -0.1) is 11.3 Å². The Labute approximate surface area is 127 Å². The standard InChI is InChI=1S/C12H18N4O3S2/c1-8(2)13-6-10-11(4-5-20-10)21(17,18)14-7-12-15-9(3)19-16-12/h4-5,8,13-14H,6-7H2,1-3H3. The Morgan fingerprint density at radius 3 is 2.76 bits per heavy atom. The van der Waals surface area contributed by atoms with E-state index in [1.54, 1.807) is 18.4 Å². The van der Waals surface area contributed by atoms with Crippen molar-refractivity contribution in [1.82, 2.24) is 20.2 Å². The van der Waals surface area contributed by atoms with Crippen molar-refractivity contribution in [2.24, 2.45) is 0 Å². The fourth-order valence-electron chi connectivity index (χ4n) is 1.64. The van der Waals surface area contributed by atoms with Crippen LogP contribution in [0.1, 0.15) is 30.4 Å². The summed E-state index contributed by atoms with van der Waals surface area (Å²) in [5.74, 6) is 0.717. The van der Waals surface area contributed by atoms with Gasteiger partial charge < -0.3 is 9.84 Å². The maximum atomic E-state index is 12.3. The molecule has 7 nitrogen and oxygen atoms in total. The van der Waals surface area contributed by atoms with Crippen molar-refractivity contribution in [2.75, 3.05) is 0 Å². The maximum absolute atomic E-state index is 12.3. The van der Waals surface area contributed by atoms with Crippen LogP contribution in [0.4, 0.5) is 0 Å². The molecule has 0 fully saturated rings. The first-order chi connectivity index (χ1) is 9.88. The van der Waals surface area contributed by atoms with Crippen molar-refractivity contribution in [1.29, 1.82) is 0 Å². The first-order valence-electron chi connectivity index (χ1n) is 6.47. The lowest BCUT2D eigenvalue weighted by atomic mass is 10.4. The normalized spacial score (nSPS) is 12.2. The SMILES string of the molecule is Cc1nc(CNS(=O)(=O)c2ccsc2CNC(C)C)no1. The molecule has 0 aromatic carbocycles. The molecule has 0 bridgehead atoms. The van der Waals surface area contributed by atoms with Gasteiger partial charge in [-0.05, 0) is 11.4 Å². The van der Waals surface area contributed by atoms with Crippen LogP contribution >= 0.6 is 11.3 Å². The molecule has 9 heteroatoms. The highest BCUT2D eigenvalue weighted by atomic mass is 32.2. The monoisotopic (exact) mass is 330 g/mol. The molecule has 0 amide bonds. The average molecular weight is 330 g/mol. The van der Waals surface area contributed by atoms with Gasteiger partial charge in [-0.2, -0.15) is 4.98 Å². The van der Waals surface area contributed by atoms with Crippen molar-refractivity contribution in [3.8, 4) is 0 Å². The molecular formula is C12H18N4O3S2. The van der Waals surface area contributed by atoms with Gasteiger partial charge in [-0.3, -0.25) is 0 Å². The molecule has 0 saturated heterocycles. The molecule has 0 atom stereocenters. The summed E-state index contributed by atoms with van der Waals surface area (Å²) in [5.41, 5.74) is 0. The lowest BCUT2D eigenvalue weighted by Crippen LogP contribution is -2.26. The number of sulfonamides is 1. The largest absolute Gasteiger partial charge is 0.340 e. The third-order valence-electron chi connectivity index (χ3n) is 2.65. The van der Waals surface area contributed by atoms with Gasteiger partial charge in [0.2, 0.25) is 15.9 Å². The Kier molecular flexibility index (Phi) is 5.09. The summed E-state index contributed by atoms with van der Waals surface area (Å²) in [6.45, 7) is 6.20. The van der Waals surface area contributed by atoms with Gasteiger partial charge >= 0.3 is 0 Å². The molecule has 0 saturated carbocycles. The number of aromatic nitrogens is 2. The molecular weight excluding hydrogens is 312 g/mol. The van der Waals surface area contributed by atoms with Gasteiger partial charge in [-0.25, -0.2) is 13.1 Å². The number of nitrogens with one attached hydrogen (secondary N) is 2. The summed E-state index contributed by atoms with van der Waals surface area (Å²) in [7, 11) is -3.59. The van der Waals surface area contributed by atoms with E-state index in [9.17, 15) is 8.42 Å². The number of rotatable bonds is 7. The van der Waals surface area contributed by atoms with Crippen molar-refractivity contribution in [2.45, 2.75) is 44.8 Å². The minimum absolute atomic E-state index is 0.00652. The van der Waals surface area contributed by atoms with Crippen LogP contribution in [0, 0.1) is 6.92 Å². The van der Waals surface area contributed by atoms with E-state index in [1.807, 2.05) is 13.8 Å². The zero-order chi connectivity index (χ0) is 15.5. The molecule has 2 rings (SSSR count). The first-order valence-corrected chi connectivity index (χ1v) is 8.83. The third kappa shape index (κ3) is 4.34. The summed E-state index contributed by atoms with van der Waals surface area (Å²) < 4.78 is 31.9. The summed E-state index contributed by atoms with van der Waals surface area (Å²) >= 11 is 1.41. The predicted octanol–water partition coefficient (Wildman–Crippen LogP) is 1.42. The van der Waals surface area contributed by atoms with Gasteiger partial charge in [0, 0.05) is 24.4 Å². The number of thiophene rings is 1. The summed E-state index contributed by atoms with van der Waals surface area (Å²) in [4.78, 5) is 5.03. The molecule has 2 aromatic heterocycles. The molecule has 21 heavy (non-hydrogen) atoms. The zero-order valence-corrected chi connectivity index (χ0v) is 13.7. The highest BCUT2D eigenvalue weighted by Crippen LogP contribution is 2.22. The Hall–Kier alpha value is -1.29. The van der Waals surface area contributed by atoms with E-state index >= 15 is 0 Å². The Morgan fingerprint density at radius 2 is 2.14 bits per heavy atom. The van der Waals surface area contributed by atoms with Crippen LogP contribution in [0.25, 0.3) is 0 Å². The van der Waals surface area contributed by atoms with Gasteiger partial charge in [0.25, 0.3) is 0 Å². The third-order valence-corrected chi connectivity index (χ3v) is 5.19. The lowest BCUT2D eigenvalue weighted by Gasteiger charge is -2.09. The number of nitrogens with zero attached hydrogens (tertiary/aromatic N) is 2. The van der Waals surface area contributed by atoms with E-state index < -0.39 is 10.0 Å². The molecule has 0 aliphatic heterocycles. The summed E-state index contributed by atoms with van der Waals surface area (Å²) in [6.07, 6.45) is 0. The van der Waals surface area contributed by atoms with Crippen LogP contribution in [-0.4, -0.2) is 24.6 Å². The fourth-order valence-corrected chi connectivity index (χ4v) is 4.02. The fraction of sp³-hybridized carbons (Fsp3) is 0.500. The average Bonchev–Trinajstić information content (AvgIpc) is 3.03.